The van der Waals surface area contributed by atoms with E-state index in [1.54, 1.807) is 34.6 Å². The van der Waals surface area contributed by atoms with E-state index in [0.717, 1.165) is 6.42 Å². The maximum Gasteiger partial charge on any atom is 0.314 e. The quantitative estimate of drug-likeness (QED) is 0.111. The third-order valence-electron chi connectivity index (χ3n) is 14.3. The number of amides is 2. The molecule has 0 bridgehead atoms. The summed E-state index contributed by atoms with van der Waals surface area (Å²) in [5, 5.41) is 65.8. The lowest BCUT2D eigenvalue weighted by atomic mass is 9.68. The third-order valence-corrected chi connectivity index (χ3v) is 14.3. The van der Waals surface area contributed by atoms with Crippen LogP contribution < -0.4 is 10.6 Å². The molecule has 0 spiro atoms. The van der Waals surface area contributed by atoms with Gasteiger partial charge >= 0.3 is 12.0 Å². The monoisotopic (exact) mass is 875 g/mol. The number of hydrogen-bond donors (Lipinski definition) is 7. The highest BCUT2D eigenvalue weighted by atomic mass is 16.7. The van der Waals surface area contributed by atoms with Crippen molar-refractivity contribution in [1.29, 1.82) is 0 Å². The molecule has 2 amide bonds. The second-order valence-electron chi connectivity index (χ2n) is 19.9. The molecule has 3 fully saturated rings. The number of aliphatic hydroxyl groups is 5. The number of likely N-dealkylation sites (N-methyl/N-ethyl adjacent to an activating group) is 1. The molecule has 3 rings (SSSR count). The number of carbonyl (C=O) groups excluding carboxylic acids is 2. The Balaban J connectivity index is 2.17. The normalized spacial score (nSPS) is 44.4. The van der Waals surface area contributed by atoms with E-state index in [9.17, 15) is 35.1 Å². The maximum atomic E-state index is 14.6. The zero-order valence-corrected chi connectivity index (χ0v) is 40.1. The molecule has 0 saturated carbocycles. The molecule has 16 nitrogen and oxygen atoms in total. The molecule has 19 atom stereocenters. The van der Waals surface area contributed by atoms with Crippen molar-refractivity contribution in [1.82, 2.24) is 20.4 Å². The van der Waals surface area contributed by atoms with Gasteiger partial charge in [0.25, 0.3) is 0 Å². The molecule has 0 radical (unpaired) electrons. The summed E-state index contributed by atoms with van der Waals surface area (Å²) in [7, 11) is 5.31. The van der Waals surface area contributed by atoms with Crippen LogP contribution in [0.4, 0.5) is 4.79 Å². The van der Waals surface area contributed by atoms with Crippen molar-refractivity contribution in [3.63, 3.8) is 0 Å². The topological polar surface area (TPSA) is 212 Å². The van der Waals surface area contributed by atoms with Gasteiger partial charge in [-0.1, -0.05) is 34.6 Å². The Labute approximate surface area is 366 Å². The zero-order chi connectivity index (χ0) is 46.4. The Morgan fingerprint density at radius 2 is 1.64 bits per heavy atom. The number of cyclic esters (lactones) is 1. The Bertz CT molecular complexity index is 1370. The van der Waals surface area contributed by atoms with Gasteiger partial charge in [0.2, 0.25) is 0 Å². The minimum atomic E-state index is -1.87. The Hall–Kier alpha value is -1.70. The largest absolute Gasteiger partial charge is 0.459 e. The number of urea groups is 1. The van der Waals surface area contributed by atoms with Gasteiger partial charge in [-0.15, -0.1) is 0 Å². The highest BCUT2D eigenvalue weighted by Crippen LogP contribution is 2.45. The van der Waals surface area contributed by atoms with Crippen LogP contribution in [0, 0.1) is 23.7 Å². The molecule has 358 valence electrons. The smallest absolute Gasteiger partial charge is 0.314 e. The molecule has 0 aromatic rings. The molecule has 3 aliphatic rings. The zero-order valence-electron chi connectivity index (χ0n) is 40.1. The predicted octanol–water partition coefficient (Wildman–Crippen LogP) is 3.03. The average molecular weight is 875 g/mol. The molecule has 0 aliphatic carbocycles. The van der Waals surface area contributed by atoms with Crippen molar-refractivity contribution in [2.24, 2.45) is 23.7 Å². The number of methoxy groups -OCH3 is 1. The lowest BCUT2D eigenvalue weighted by Crippen LogP contribution is -2.61. The van der Waals surface area contributed by atoms with Crippen molar-refractivity contribution in [3.8, 4) is 0 Å². The molecule has 0 aromatic carbocycles. The van der Waals surface area contributed by atoms with Crippen LogP contribution in [0.3, 0.4) is 0 Å². The van der Waals surface area contributed by atoms with Gasteiger partial charge in [0.15, 0.2) is 6.29 Å². The highest BCUT2D eigenvalue weighted by Gasteiger charge is 2.55. The second kappa shape index (κ2) is 22.5. The van der Waals surface area contributed by atoms with E-state index in [0.29, 0.717) is 32.5 Å². The van der Waals surface area contributed by atoms with Crippen LogP contribution >= 0.6 is 0 Å². The standard InChI is InChI=1S/C45H86N4O12/c1-16-26(4)47-42(54)46-19-18-20-49-24-25(3)22-43(10,55)39(61-41-36(50)32(48(13)14)21-27(5)58-41)28(6)35(33-23-44(11,57-15)38(52)31(9)59-33)29(7)40(53)60-34(17-2)45(12,56)37(51)30(49)8/h25-39,41,50-52,55-56H,16-24H2,1-15H3,(H2,46,47,54)/t25-,26?,27-,28+,29-,30-,31+,32+,33?,34-,35+,36-,37-,38+,39-,41+,43-,44-,45-/m1/s1. The molecule has 61 heavy (non-hydrogen) atoms. The van der Waals surface area contributed by atoms with Gasteiger partial charge in [0.05, 0.1) is 41.5 Å². The minimum absolute atomic E-state index is 0.0240. The number of carbonyl (C=O) groups is 2. The Kier molecular flexibility index (Phi) is 19.8. The van der Waals surface area contributed by atoms with Gasteiger partial charge in [-0.25, -0.2) is 4.79 Å². The van der Waals surface area contributed by atoms with E-state index >= 15 is 0 Å². The Morgan fingerprint density at radius 3 is 2.21 bits per heavy atom. The van der Waals surface area contributed by atoms with Crippen molar-refractivity contribution >= 4 is 12.0 Å². The summed E-state index contributed by atoms with van der Waals surface area (Å²) in [6.07, 6.45) is -5.83. The maximum absolute atomic E-state index is 14.6. The van der Waals surface area contributed by atoms with Gasteiger partial charge in [-0.05, 0) is 107 Å². The fraction of sp³-hybridized carbons (Fsp3) is 0.956. The molecule has 0 aromatic heterocycles. The van der Waals surface area contributed by atoms with Crippen LogP contribution in [-0.2, 0) is 28.5 Å². The fourth-order valence-corrected chi connectivity index (χ4v) is 10.3. The molecule has 7 N–H and O–H groups in total. The molecule has 2 unspecified atom stereocenters. The number of rotatable bonds is 12. The SMILES string of the molecule is CCC(C)NC(=O)NCCCN1C[C@H](C)C[C@@](C)(O)[C@H](O[C@@H]2O[C@H](C)C[C@H](N(C)C)[C@H]2O)[C@@H](C)[C@H](C2C[C@@](C)(OC)[C@@H](O)[C@H](C)O2)[C@@H](C)C(=O)O[C@H](CC)[C@@](C)(O)[C@H](O)[C@H]1C. The number of aliphatic hydroxyl groups excluding tert-OH is 3. The summed E-state index contributed by atoms with van der Waals surface area (Å²) in [6, 6.07) is -1.17. The van der Waals surface area contributed by atoms with Crippen LogP contribution in [0.15, 0.2) is 0 Å². The summed E-state index contributed by atoms with van der Waals surface area (Å²) in [5.74, 6) is -3.16. The van der Waals surface area contributed by atoms with Crippen LogP contribution in [0.5, 0.6) is 0 Å². The van der Waals surface area contributed by atoms with Crippen molar-refractivity contribution in [2.75, 3.05) is 40.8 Å². The molecule has 16 heteroatoms. The first-order valence-corrected chi connectivity index (χ1v) is 22.9. The van der Waals surface area contributed by atoms with E-state index in [4.69, 9.17) is 23.7 Å². The molecule has 3 heterocycles. The van der Waals surface area contributed by atoms with Gasteiger partial charge in [0.1, 0.15) is 30.0 Å². The van der Waals surface area contributed by atoms with E-state index in [-0.39, 0.29) is 49.4 Å². The summed E-state index contributed by atoms with van der Waals surface area (Å²) < 4.78 is 31.9. The van der Waals surface area contributed by atoms with Crippen LogP contribution in [0.2, 0.25) is 0 Å². The van der Waals surface area contributed by atoms with Gasteiger partial charge < -0.3 is 64.8 Å². The summed E-state index contributed by atoms with van der Waals surface area (Å²) in [6.45, 7) is 23.0. The predicted molar refractivity (Wildman–Crippen MR) is 233 cm³/mol. The van der Waals surface area contributed by atoms with E-state index < -0.39 is 95.6 Å². The van der Waals surface area contributed by atoms with Crippen molar-refractivity contribution < 1.29 is 58.8 Å². The molecule has 3 aliphatic heterocycles. The molecular formula is C45H86N4O12. The number of ether oxygens (including phenoxy) is 5. The lowest BCUT2D eigenvalue weighted by Gasteiger charge is -2.51. The van der Waals surface area contributed by atoms with Gasteiger partial charge in [0, 0.05) is 57.2 Å². The van der Waals surface area contributed by atoms with E-state index in [1.807, 2.05) is 65.4 Å². The number of esters is 1. The van der Waals surface area contributed by atoms with Crippen molar-refractivity contribution in [2.45, 2.75) is 212 Å². The number of hydrogen-bond acceptors (Lipinski definition) is 14. The van der Waals surface area contributed by atoms with Crippen LogP contribution in [0.1, 0.15) is 122 Å². The second-order valence-corrected chi connectivity index (χ2v) is 19.9. The van der Waals surface area contributed by atoms with Gasteiger partial charge in [-0.3, -0.25) is 9.69 Å². The first-order chi connectivity index (χ1) is 28.3. The van der Waals surface area contributed by atoms with E-state index in [1.165, 1.54) is 14.0 Å². The number of nitrogens with one attached hydrogen (secondary N) is 2. The fourth-order valence-electron chi connectivity index (χ4n) is 10.3. The number of nitrogens with zero attached hydrogens (tertiary/aromatic N) is 2. The van der Waals surface area contributed by atoms with Crippen LogP contribution in [-0.4, -0.2) is 178 Å². The third kappa shape index (κ3) is 13.2. The Morgan fingerprint density at radius 1 is 1.00 bits per heavy atom. The summed E-state index contributed by atoms with van der Waals surface area (Å²) >= 11 is 0. The van der Waals surface area contributed by atoms with Gasteiger partial charge in [-0.2, -0.15) is 0 Å². The van der Waals surface area contributed by atoms with E-state index in [2.05, 4.69) is 10.6 Å². The first-order valence-electron chi connectivity index (χ1n) is 22.9. The van der Waals surface area contributed by atoms with Crippen molar-refractivity contribution in [3.05, 3.63) is 0 Å². The highest BCUT2D eigenvalue weighted by molar-refractivity contribution is 5.74. The lowest BCUT2D eigenvalue weighted by molar-refractivity contribution is -0.302. The van der Waals surface area contributed by atoms with Crippen LogP contribution in [0.25, 0.3) is 0 Å². The molecule has 3 saturated heterocycles. The summed E-state index contributed by atoms with van der Waals surface area (Å²) in [5.41, 5.74) is -4.51. The first kappa shape index (κ1) is 53.6. The average Bonchev–Trinajstić information content (AvgIpc) is 3.18. The molecular weight excluding hydrogens is 789 g/mol. The minimum Gasteiger partial charge on any atom is -0.459 e. The summed E-state index contributed by atoms with van der Waals surface area (Å²) in [4.78, 5) is 31.1.